The van der Waals surface area contributed by atoms with Gasteiger partial charge in [-0.1, -0.05) is 36.4 Å². The molecule has 2 heterocycles. The second-order valence-electron chi connectivity index (χ2n) is 6.30. The molecule has 2 aromatic heterocycles. The topological polar surface area (TPSA) is 54.1 Å². The van der Waals surface area contributed by atoms with Gasteiger partial charge in [0.2, 0.25) is 0 Å². The van der Waals surface area contributed by atoms with E-state index in [-0.39, 0.29) is 11.8 Å². The van der Waals surface area contributed by atoms with Crippen LogP contribution >= 0.6 is 11.3 Å². The van der Waals surface area contributed by atoms with Crippen LogP contribution in [-0.4, -0.2) is 24.5 Å². The van der Waals surface area contributed by atoms with Crippen LogP contribution in [0.3, 0.4) is 0 Å². The van der Waals surface area contributed by atoms with Gasteiger partial charge in [0, 0.05) is 29.6 Å². The summed E-state index contributed by atoms with van der Waals surface area (Å²) in [5.74, 6) is 0.818. The molecule has 2 aromatic carbocycles. The van der Waals surface area contributed by atoms with E-state index >= 15 is 0 Å². The summed E-state index contributed by atoms with van der Waals surface area (Å²) < 4.78 is 5.28. The number of thiophene rings is 1. The Morgan fingerprint density at radius 2 is 1.93 bits per heavy atom. The highest BCUT2D eigenvalue weighted by atomic mass is 32.1. The van der Waals surface area contributed by atoms with E-state index in [9.17, 15) is 4.79 Å². The van der Waals surface area contributed by atoms with Crippen LogP contribution in [0.5, 0.6) is 5.75 Å². The van der Waals surface area contributed by atoms with E-state index in [4.69, 9.17) is 4.74 Å². The molecule has 0 radical (unpaired) electrons. The highest BCUT2D eigenvalue weighted by Gasteiger charge is 2.19. The summed E-state index contributed by atoms with van der Waals surface area (Å²) in [6.45, 7) is 0.519. The number of amides is 1. The zero-order valence-corrected chi connectivity index (χ0v) is 15.8. The van der Waals surface area contributed by atoms with Crippen LogP contribution in [0, 0.1) is 0 Å². The third kappa shape index (κ3) is 3.59. The lowest BCUT2D eigenvalue weighted by atomic mass is 9.90. The second kappa shape index (κ2) is 7.68. The number of para-hydroxylation sites is 1. The number of benzene rings is 2. The van der Waals surface area contributed by atoms with E-state index in [0.29, 0.717) is 6.54 Å². The smallest absolute Gasteiger partial charge is 0.261 e. The van der Waals surface area contributed by atoms with Crippen molar-refractivity contribution in [1.82, 2.24) is 10.3 Å². The van der Waals surface area contributed by atoms with Gasteiger partial charge in [0.25, 0.3) is 5.91 Å². The summed E-state index contributed by atoms with van der Waals surface area (Å²) >= 11 is 1.45. The molecular weight excluding hydrogens is 356 g/mol. The van der Waals surface area contributed by atoms with E-state index in [1.54, 1.807) is 7.11 Å². The summed E-state index contributed by atoms with van der Waals surface area (Å²) in [7, 11) is 1.66. The Balaban J connectivity index is 1.67. The number of nitrogens with one attached hydrogen (secondary N) is 2. The fourth-order valence-corrected chi connectivity index (χ4v) is 3.96. The summed E-state index contributed by atoms with van der Waals surface area (Å²) in [6.07, 6.45) is 2.04. The summed E-state index contributed by atoms with van der Waals surface area (Å²) in [4.78, 5) is 16.5. The van der Waals surface area contributed by atoms with Crippen molar-refractivity contribution in [3.8, 4) is 5.75 Å². The molecule has 4 rings (SSSR count). The Bertz CT molecular complexity index is 1040. The first-order chi connectivity index (χ1) is 13.3. The highest BCUT2D eigenvalue weighted by Crippen LogP contribution is 2.31. The zero-order chi connectivity index (χ0) is 18.6. The number of H-pyrrole nitrogens is 1. The van der Waals surface area contributed by atoms with Crippen LogP contribution in [0.4, 0.5) is 0 Å². The highest BCUT2D eigenvalue weighted by molar-refractivity contribution is 7.12. The molecule has 4 nitrogen and oxygen atoms in total. The van der Waals surface area contributed by atoms with Crippen molar-refractivity contribution >= 4 is 28.1 Å². The molecule has 0 spiro atoms. The van der Waals surface area contributed by atoms with Crippen LogP contribution in [0.25, 0.3) is 10.9 Å². The van der Waals surface area contributed by atoms with Crippen molar-refractivity contribution in [2.45, 2.75) is 5.92 Å². The Hall–Kier alpha value is -3.05. The quantitative estimate of drug-likeness (QED) is 0.508. The van der Waals surface area contributed by atoms with Gasteiger partial charge in [0.15, 0.2) is 0 Å². The normalized spacial score (nSPS) is 12.0. The summed E-state index contributed by atoms with van der Waals surface area (Å²) in [6, 6.07) is 20.0. The number of carbonyl (C=O) groups excluding carboxylic acids is 1. The van der Waals surface area contributed by atoms with Crippen LogP contribution in [0.15, 0.2) is 72.2 Å². The Morgan fingerprint density at radius 3 is 2.67 bits per heavy atom. The van der Waals surface area contributed by atoms with E-state index in [1.807, 2.05) is 48.0 Å². The standard InChI is InChI=1S/C22H20N2O2S/c1-26-16-10-8-15(9-11-16)18(13-24-22(25)21-7-4-12-27-21)19-14-23-20-6-3-2-5-17(19)20/h2-12,14,18,23H,13H2,1H3,(H,24,25)/t18-/m0/s1. The molecule has 1 atom stereocenters. The minimum absolute atomic E-state index is 0.0379. The van der Waals surface area contributed by atoms with Crippen molar-refractivity contribution < 1.29 is 9.53 Å². The molecule has 0 aliphatic heterocycles. The van der Waals surface area contributed by atoms with Crippen molar-refractivity contribution in [2.75, 3.05) is 13.7 Å². The van der Waals surface area contributed by atoms with Gasteiger partial charge < -0.3 is 15.0 Å². The number of ether oxygens (including phenoxy) is 1. The lowest BCUT2D eigenvalue weighted by Gasteiger charge is -2.18. The van der Waals surface area contributed by atoms with Crippen molar-refractivity contribution in [3.63, 3.8) is 0 Å². The van der Waals surface area contributed by atoms with Gasteiger partial charge >= 0.3 is 0 Å². The van der Waals surface area contributed by atoms with Gasteiger partial charge in [0.05, 0.1) is 12.0 Å². The predicted octanol–water partition coefficient (Wildman–Crippen LogP) is 4.80. The molecule has 136 valence electrons. The number of hydrogen-bond donors (Lipinski definition) is 2. The lowest BCUT2D eigenvalue weighted by molar-refractivity contribution is 0.0956. The van der Waals surface area contributed by atoms with Crippen molar-refractivity contribution in [3.05, 3.63) is 88.2 Å². The Morgan fingerprint density at radius 1 is 1.11 bits per heavy atom. The summed E-state index contributed by atoms with van der Waals surface area (Å²) in [5, 5.41) is 6.17. The minimum Gasteiger partial charge on any atom is -0.497 e. The maximum absolute atomic E-state index is 12.4. The first-order valence-electron chi connectivity index (χ1n) is 8.78. The number of hydrogen-bond acceptors (Lipinski definition) is 3. The largest absolute Gasteiger partial charge is 0.497 e. The maximum Gasteiger partial charge on any atom is 0.261 e. The van der Waals surface area contributed by atoms with Crippen molar-refractivity contribution in [1.29, 1.82) is 0 Å². The van der Waals surface area contributed by atoms with E-state index in [2.05, 4.69) is 34.6 Å². The van der Waals surface area contributed by atoms with Gasteiger partial charge in [-0.25, -0.2) is 0 Å². The average Bonchev–Trinajstić information content (AvgIpc) is 3.39. The number of carbonyl (C=O) groups is 1. The molecule has 0 fully saturated rings. The number of aromatic nitrogens is 1. The first kappa shape index (κ1) is 17.4. The molecule has 27 heavy (non-hydrogen) atoms. The van der Waals surface area contributed by atoms with E-state index in [0.717, 1.165) is 21.7 Å². The molecule has 0 saturated carbocycles. The third-order valence-electron chi connectivity index (χ3n) is 4.73. The van der Waals surface area contributed by atoms with Gasteiger partial charge in [-0.15, -0.1) is 11.3 Å². The molecule has 0 unspecified atom stereocenters. The zero-order valence-electron chi connectivity index (χ0n) is 14.9. The van der Waals surface area contributed by atoms with Crippen LogP contribution in [0.2, 0.25) is 0 Å². The molecule has 0 aliphatic carbocycles. The molecular formula is C22H20N2O2S. The van der Waals surface area contributed by atoms with E-state index in [1.165, 1.54) is 22.3 Å². The molecule has 2 N–H and O–H groups in total. The van der Waals surface area contributed by atoms with Crippen molar-refractivity contribution in [2.24, 2.45) is 0 Å². The Labute approximate surface area is 161 Å². The molecule has 0 aliphatic rings. The molecule has 1 amide bonds. The summed E-state index contributed by atoms with van der Waals surface area (Å²) in [5.41, 5.74) is 3.39. The molecule has 0 bridgehead atoms. The number of fused-ring (bicyclic) bond motifs is 1. The van der Waals surface area contributed by atoms with Crippen LogP contribution < -0.4 is 10.1 Å². The number of rotatable bonds is 6. The van der Waals surface area contributed by atoms with Crippen LogP contribution in [-0.2, 0) is 0 Å². The maximum atomic E-state index is 12.4. The average molecular weight is 376 g/mol. The van der Waals surface area contributed by atoms with Gasteiger partial charge in [-0.2, -0.15) is 0 Å². The number of methoxy groups -OCH3 is 1. The molecule has 0 saturated heterocycles. The SMILES string of the molecule is COc1ccc([C@H](CNC(=O)c2cccs2)c2c[nH]c3ccccc23)cc1. The third-order valence-corrected chi connectivity index (χ3v) is 5.60. The number of aromatic amines is 1. The lowest BCUT2D eigenvalue weighted by Crippen LogP contribution is -2.28. The van der Waals surface area contributed by atoms with Crippen LogP contribution in [0.1, 0.15) is 26.7 Å². The fourth-order valence-electron chi connectivity index (χ4n) is 3.32. The Kier molecular flexibility index (Phi) is 4.94. The predicted molar refractivity (Wildman–Crippen MR) is 110 cm³/mol. The first-order valence-corrected chi connectivity index (χ1v) is 9.66. The van der Waals surface area contributed by atoms with Gasteiger partial charge in [-0.3, -0.25) is 4.79 Å². The minimum atomic E-state index is -0.0386. The fraction of sp³-hybridized carbons (Fsp3) is 0.136. The second-order valence-corrected chi connectivity index (χ2v) is 7.25. The monoisotopic (exact) mass is 376 g/mol. The van der Waals surface area contributed by atoms with E-state index < -0.39 is 0 Å². The molecule has 4 aromatic rings. The van der Waals surface area contributed by atoms with Gasteiger partial charge in [-0.05, 0) is 40.8 Å². The molecule has 5 heteroatoms. The van der Waals surface area contributed by atoms with Gasteiger partial charge in [0.1, 0.15) is 5.75 Å².